The number of thioether (sulfide) groups is 1. The maximum atomic E-state index is 11.9. The first kappa shape index (κ1) is 13.9. The van der Waals surface area contributed by atoms with Crippen LogP contribution in [0.3, 0.4) is 0 Å². The first-order chi connectivity index (χ1) is 10.1. The quantitative estimate of drug-likeness (QED) is 0.690. The van der Waals surface area contributed by atoms with E-state index in [9.17, 15) is 9.59 Å². The third-order valence-electron chi connectivity index (χ3n) is 2.69. The zero-order valence-corrected chi connectivity index (χ0v) is 12.1. The van der Waals surface area contributed by atoms with Crippen LogP contribution in [-0.4, -0.2) is 4.98 Å². The third-order valence-corrected chi connectivity index (χ3v) is 3.78. The molecule has 3 rings (SSSR count). The molecular formula is C14H8ClNO4S. The molecule has 0 radical (unpaired) electrons. The van der Waals surface area contributed by atoms with Gasteiger partial charge in [-0.05, 0) is 17.2 Å². The van der Waals surface area contributed by atoms with Gasteiger partial charge in [-0.2, -0.15) is 4.98 Å². The molecule has 0 N–H and O–H groups in total. The number of rotatable bonds is 3. The average Bonchev–Trinajstić information content (AvgIpc) is 2.45. The van der Waals surface area contributed by atoms with Crippen molar-refractivity contribution in [3.63, 3.8) is 0 Å². The van der Waals surface area contributed by atoms with E-state index < -0.39 is 11.2 Å². The molecule has 0 aliphatic rings. The number of fused-ring (bicyclic) bond motifs is 1. The maximum Gasteiger partial charge on any atom is 0.353 e. The number of aromatic nitrogens is 1. The predicted molar refractivity (Wildman–Crippen MR) is 79.8 cm³/mol. The molecule has 0 bridgehead atoms. The van der Waals surface area contributed by atoms with Gasteiger partial charge < -0.3 is 8.83 Å². The van der Waals surface area contributed by atoms with E-state index in [0.29, 0.717) is 5.75 Å². The zero-order valence-electron chi connectivity index (χ0n) is 10.5. The summed E-state index contributed by atoms with van der Waals surface area (Å²) in [5.41, 5.74) is -0.389. The van der Waals surface area contributed by atoms with Crippen molar-refractivity contribution in [2.75, 3.05) is 0 Å². The second kappa shape index (κ2) is 5.75. The highest BCUT2D eigenvalue weighted by Gasteiger charge is 2.13. The van der Waals surface area contributed by atoms with E-state index in [1.54, 1.807) is 0 Å². The molecule has 5 nitrogen and oxygen atoms in total. The van der Waals surface area contributed by atoms with E-state index in [1.165, 1.54) is 17.8 Å². The minimum Gasteiger partial charge on any atom is -0.432 e. The molecule has 106 valence electrons. The summed E-state index contributed by atoms with van der Waals surface area (Å²) >= 11 is 6.91. The first-order valence-electron chi connectivity index (χ1n) is 5.95. The number of halogens is 1. The van der Waals surface area contributed by atoms with E-state index in [-0.39, 0.29) is 21.4 Å². The van der Waals surface area contributed by atoms with Crippen molar-refractivity contribution in [1.29, 1.82) is 0 Å². The summed E-state index contributed by atoms with van der Waals surface area (Å²) in [6, 6.07) is 11.0. The number of benzene rings is 1. The molecule has 0 amide bonds. The topological polar surface area (TPSA) is 73.3 Å². The van der Waals surface area contributed by atoms with Crippen molar-refractivity contribution in [3.05, 3.63) is 68.0 Å². The fourth-order valence-electron chi connectivity index (χ4n) is 1.75. The van der Waals surface area contributed by atoms with Gasteiger partial charge in [-0.3, -0.25) is 4.79 Å². The maximum absolute atomic E-state index is 11.9. The molecule has 0 saturated heterocycles. The van der Waals surface area contributed by atoms with Gasteiger partial charge in [-0.15, -0.1) is 0 Å². The second-order valence-electron chi connectivity index (χ2n) is 4.14. The lowest BCUT2D eigenvalue weighted by Crippen LogP contribution is -2.15. The molecule has 0 spiro atoms. The highest BCUT2D eigenvalue weighted by Crippen LogP contribution is 2.22. The summed E-state index contributed by atoms with van der Waals surface area (Å²) in [6.07, 6.45) is 0. The number of nitrogens with zero attached hydrogens (tertiary/aromatic N) is 1. The lowest BCUT2D eigenvalue weighted by molar-refractivity contribution is 0.450. The van der Waals surface area contributed by atoms with Crippen molar-refractivity contribution in [2.45, 2.75) is 11.0 Å². The van der Waals surface area contributed by atoms with Crippen molar-refractivity contribution in [1.82, 2.24) is 4.98 Å². The minimum absolute atomic E-state index is 0.0758. The van der Waals surface area contributed by atoms with Crippen LogP contribution in [-0.2, 0) is 5.75 Å². The van der Waals surface area contributed by atoms with Gasteiger partial charge >= 0.3 is 5.63 Å². The molecule has 0 atom stereocenters. The van der Waals surface area contributed by atoms with Crippen molar-refractivity contribution in [2.24, 2.45) is 0 Å². The van der Waals surface area contributed by atoms with Crippen LogP contribution < -0.4 is 11.2 Å². The fraction of sp³-hybridized carbons (Fsp3) is 0.0714. The molecular weight excluding hydrogens is 314 g/mol. The van der Waals surface area contributed by atoms with Crippen LogP contribution in [0.25, 0.3) is 11.0 Å². The van der Waals surface area contributed by atoms with Gasteiger partial charge in [-0.1, -0.05) is 42.1 Å². The van der Waals surface area contributed by atoms with E-state index >= 15 is 0 Å². The summed E-state index contributed by atoms with van der Waals surface area (Å²) in [4.78, 5) is 27.2. The Balaban J connectivity index is 1.97. The van der Waals surface area contributed by atoms with Gasteiger partial charge in [0.05, 0.1) is 0 Å². The number of hydrogen-bond donors (Lipinski definition) is 0. The van der Waals surface area contributed by atoms with Gasteiger partial charge in [0.15, 0.2) is 11.0 Å². The van der Waals surface area contributed by atoms with Gasteiger partial charge in [-0.25, -0.2) is 4.79 Å². The molecule has 0 aliphatic carbocycles. The van der Waals surface area contributed by atoms with Crippen LogP contribution in [0, 0.1) is 0 Å². The Morgan fingerprint density at radius 1 is 1.14 bits per heavy atom. The Morgan fingerprint density at radius 2 is 1.90 bits per heavy atom. The van der Waals surface area contributed by atoms with Gasteiger partial charge in [0, 0.05) is 11.8 Å². The SMILES string of the molecule is O=c1nc(SCc2ccccc2)oc2cc(Cl)oc(=O)c12. The van der Waals surface area contributed by atoms with Crippen LogP contribution in [0.1, 0.15) is 5.56 Å². The highest BCUT2D eigenvalue weighted by atomic mass is 35.5. The van der Waals surface area contributed by atoms with Gasteiger partial charge in [0.2, 0.25) is 5.22 Å². The summed E-state index contributed by atoms with van der Waals surface area (Å²) in [6.45, 7) is 0. The lowest BCUT2D eigenvalue weighted by Gasteiger charge is -2.01. The van der Waals surface area contributed by atoms with Crippen molar-refractivity contribution < 1.29 is 8.83 Å². The second-order valence-corrected chi connectivity index (χ2v) is 5.44. The predicted octanol–water partition coefficient (Wildman–Crippen LogP) is 3.09. The zero-order chi connectivity index (χ0) is 14.8. The summed E-state index contributed by atoms with van der Waals surface area (Å²) in [7, 11) is 0. The van der Waals surface area contributed by atoms with Crippen LogP contribution >= 0.6 is 23.4 Å². The van der Waals surface area contributed by atoms with Crippen LogP contribution in [0.15, 0.2) is 60.0 Å². The van der Waals surface area contributed by atoms with Crippen molar-refractivity contribution >= 4 is 34.3 Å². The van der Waals surface area contributed by atoms with E-state index in [4.69, 9.17) is 16.0 Å². The molecule has 2 heterocycles. The van der Waals surface area contributed by atoms with Gasteiger partial charge in [0.1, 0.15) is 0 Å². The Labute approximate surface area is 127 Å². The summed E-state index contributed by atoms with van der Waals surface area (Å²) in [5.74, 6) is 0.595. The third kappa shape index (κ3) is 3.01. The van der Waals surface area contributed by atoms with Crippen LogP contribution in [0.4, 0.5) is 0 Å². The largest absolute Gasteiger partial charge is 0.432 e. The number of hydrogen-bond acceptors (Lipinski definition) is 6. The van der Waals surface area contributed by atoms with Crippen LogP contribution in [0.2, 0.25) is 5.22 Å². The first-order valence-corrected chi connectivity index (χ1v) is 7.31. The smallest absolute Gasteiger partial charge is 0.353 e. The summed E-state index contributed by atoms with van der Waals surface area (Å²) < 4.78 is 10.1. The van der Waals surface area contributed by atoms with Gasteiger partial charge in [0.25, 0.3) is 10.8 Å². The average molecular weight is 322 g/mol. The Kier molecular flexibility index (Phi) is 3.81. The molecule has 0 saturated carbocycles. The van der Waals surface area contributed by atoms with E-state index in [1.807, 2.05) is 30.3 Å². The standard InChI is InChI=1S/C14H8ClNO4S/c15-10-6-9-11(13(18)20-10)12(17)16-14(19-9)21-7-8-4-2-1-3-5-8/h1-6H,7H2. The van der Waals surface area contributed by atoms with Crippen LogP contribution in [0.5, 0.6) is 0 Å². The molecule has 0 unspecified atom stereocenters. The molecule has 0 fully saturated rings. The fourth-order valence-corrected chi connectivity index (χ4v) is 2.70. The molecule has 0 aliphatic heterocycles. The molecule has 3 aromatic rings. The molecule has 21 heavy (non-hydrogen) atoms. The Hall–Kier alpha value is -2.05. The molecule has 2 aromatic heterocycles. The summed E-state index contributed by atoms with van der Waals surface area (Å²) in [5, 5.41) is -0.192. The Morgan fingerprint density at radius 3 is 2.67 bits per heavy atom. The monoisotopic (exact) mass is 321 g/mol. The van der Waals surface area contributed by atoms with Crippen molar-refractivity contribution in [3.8, 4) is 0 Å². The van der Waals surface area contributed by atoms with E-state index in [2.05, 4.69) is 9.40 Å². The minimum atomic E-state index is -0.849. The van der Waals surface area contributed by atoms with E-state index in [0.717, 1.165) is 5.56 Å². The normalized spacial score (nSPS) is 10.9. The molecule has 7 heteroatoms. The Bertz CT molecular complexity index is 904. The highest BCUT2D eigenvalue weighted by molar-refractivity contribution is 7.98. The molecule has 1 aromatic carbocycles. The lowest BCUT2D eigenvalue weighted by atomic mass is 10.2.